The van der Waals surface area contributed by atoms with Gasteiger partial charge in [-0.3, -0.25) is 9.59 Å². The SMILES string of the molecule is COC1=C(OC)C(=O)C(CCCCCCCCCC(C)O[N+](=O)[O-])=C(C)C1=O. The molecule has 0 fully saturated rings. The number of carbonyl (C=O) groups excluding carboxylic acids is 2. The van der Waals surface area contributed by atoms with Crippen molar-refractivity contribution in [2.45, 2.75) is 77.7 Å². The van der Waals surface area contributed by atoms with Gasteiger partial charge in [-0.25, -0.2) is 0 Å². The first-order chi connectivity index (χ1) is 13.3. The number of methoxy groups -OCH3 is 2. The van der Waals surface area contributed by atoms with Crippen LogP contribution >= 0.6 is 0 Å². The topological polar surface area (TPSA) is 105 Å². The van der Waals surface area contributed by atoms with Crippen LogP contribution < -0.4 is 0 Å². The van der Waals surface area contributed by atoms with E-state index in [1.54, 1.807) is 13.8 Å². The van der Waals surface area contributed by atoms with E-state index in [0.29, 0.717) is 24.0 Å². The predicted molar refractivity (Wildman–Crippen MR) is 103 cm³/mol. The van der Waals surface area contributed by atoms with E-state index in [9.17, 15) is 19.7 Å². The molecule has 0 aromatic rings. The number of ether oxygens (including phenoxy) is 2. The van der Waals surface area contributed by atoms with Crippen molar-refractivity contribution >= 4 is 11.6 Å². The summed E-state index contributed by atoms with van der Waals surface area (Å²) in [5, 5.41) is 9.47. The number of allylic oxidation sites excluding steroid dienone is 2. The predicted octanol–water partition coefficient (Wildman–Crippen LogP) is 4.07. The average Bonchev–Trinajstić information content (AvgIpc) is 2.64. The Balaban J connectivity index is 2.26. The number of unbranched alkanes of at least 4 members (excludes halogenated alkanes) is 6. The summed E-state index contributed by atoms with van der Waals surface area (Å²) in [7, 11) is 2.72. The molecule has 1 unspecified atom stereocenters. The van der Waals surface area contributed by atoms with Crippen molar-refractivity contribution in [2.75, 3.05) is 14.2 Å². The summed E-state index contributed by atoms with van der Waals surface area (Å²) in [6.45, 7) is 3.36. The molecule has 0 saturated carbocycles. The molecule has 8 heteroatoms. The molecule has 0 radical (unpaired) electrons. The molecule has 0 amide bonds. The number of rotatable bonds is 14. The number of hydrogen-bond donors (Lipinski definition) is 0. The van der Waals surface area contributed by atoms with Gasteiger partial charge in [-0.1, -0.05) is 38.5 Å². The van der Waals surface area contributed by atoms with Crippen molar-refractivity contribution in [2.24, 2.45) is 0 Å². The third kappa shape index (κ3) is 6.98. The van der Waals surface area contributed by atoms with Gasteiger partial charge in [0.2, 0.25) is 23.1 Å². The van der Waals surface area contributed by atoms with Crippen LogP contribution in [0.15, 0.2) is 22.7 Å². The van der Waals surface area contributed by atoms with E-state index in [2.05, 4.69) is 4.84 Å². The van der Waals surface area contributed by atoms with Crippen LogP contribution in [-0.2, 0) is 23.9 Å². The molecule has 28 heavy (non-hydrogen) atoms. The zero-order valence-electron chi connectivity index (χ0n) is 17.2. The molecule has 0 aromatic carbocycles. The molecular formula is C20H31NO7. The Kier molecular flexibility index (Phi) is 10.3. The normalized spacial score (nSPS) is 15.7. The van der Waals surface area contributed by atoms with Crippen LogP contribution in [0.3, 0.4) is 0 Å². The summed E-state index contributed by atoms with van der Waals surface area (Å²) in [5.74, 6) is -0.582. The first kappa shape index (κ1) is 23.7. The second-order valence-corrected chi connectivity index (χ2v) is 6.98. The maximum atomic E-state index is 12.5. The Morgan fingerprint density at radius 2 is 1.39 bits per heavy atom. The average molecular weight is 397 g/mol. The second-order valence-electron chi connectivity index (χ2n) is 6.98. The van der Waals surface area contributed by atoms with Gasteiger partial charge in [0.1, 0.15) is 6.10 Å². The van der Waals surface area contributed by atoms with E-state index in [0.717, 1.165) is 44.9 Å². The van der Waals surface area contributed by atoms with Gasteiger partial charge in [-0.2, -0.15) is 0 Å². The number of nitrogens with zero attached hydrogens (tertiary/aromatic N) is 1. The van der Waals surface area contributed by atoms with E-state index in [1.165, 1.54) is 14.2 Å². The lowest BCUT2D eigenvalue weighted by atomic mass is 9.89. The third-order valence-corrected chi connectivity index (χ3v) is 4.90. The first-order valence-corrected chi connectivity index (χ1v) is 9.76. The highest BCUT2D eigenvalue weighted by molar-refractivity contribution is 6.23. The number of ketones is 2. The van der Waals surface area contributed by atoms with E-state index in [4.69, 9.17) is 9.47 Å². The van der Waals surface area contributed by atoms with Crippen LogP contribution in [0, 0.1) is 10.1 Å². The summed E-state index contributed by atoms with van der Waals surface area (Å²) in [6.07, 6.45) is 7.80. The molecule has 0 aliphatic heterocycles. The van der Waals surface area contributed by atoms with E-state index in [1.807, 2.05) is 0 Å². The minimum atomic E-state index is -0.742. The maximum absolute atomic E-state index is 12.5. The summed E-state index contributed by atoms with van der Waals surface area (Å²) in [6, 6.07) is 0. The van der Waals surface area contributed by atoms with E-state index in [-0.39, 0.29) is 29.2 Å². The fourth-order valence-electron chi connectivity index (χ4n) is 3.31. The zero-order chi connectivity index (χ0) is 21.1. The summed E-state index contributed by atoms with van der Waals surface area (Å²) in [5.41, 5.74) is 0.955. The molecule has 8 nitrogen and oxygen atoms in total. The van der Waals surface area contributed by atoms with Gasteiger partial charge >= 0.3 is 0 Å². The van der Waals surface area contributed by atoms with Crippen LogP contribution in [0.1, 0.15) is 71.6 Å². The standard InChI is InChI=1S/C20H31NO7/c1-14(28-21(24)25)12-10-8-6-5-7-9-11-13-16-15(2)17(22)19(26-3)20(27-4)18(16)23/h14H,5-13H2,1-4H3. The third-order valence-electron chi connectivity index (χ3n) is 4.90. The van der Waals surface area contributed by atoms with Crippen LogP contribution in [0.5, 0.6) is 0 Å². The number of Topliss-reactive ketones (excluding diaryl/α,β-unsaturated/α-hetero) is 2. The molecule has 1 rings (SSSR count). The fourth-order valence-corrected chi connectivity index (χ4v) is 3.31. The Bertz CT molecular complexity index is 636. The van der Waals surface area contributed by atoms with Crippen molar-refractivity contribution in [1.29, 1.82) is 0 Å². The number of hydrogen-bond acceptors (Lipinski definition) is 7. The zero-order valence-corrected chi connectivity index (χ0v) is 17.2. The van der Waals surface area contributed by atoms with Gasteiger partial charge in [0.05, 0.1) is 14.2 Å². The molecule has 0 bridgehead atoms. The van der Waals surface area contributed by atoms with Gasteiger partial charge in [0.25, 0.3) is 5.09 Å². The molecule has 1 atom stereocenters. The minimum absolute atomic E-state index is 0.0108. The van der Waals surface area contributed by atoms with Crippen molar-refractivity contribution < 1.29 is 29.0 Å². The van der Waals surface area contributed by atoms with Gasteiger partial charge < -0.3 is 14.3 Å². The van der Waals surface area contributed by atoms with Gasteiger partial charge in [0.15, 0.2) is 0 Å². The molecule has 0 aromatic heterocycles. The molecule has 0 spiro atoms. The highest BCUT2D eigenvalue weighted by Crippen LogP contribution is 2.28. The molecular weight excluding hydrogens is 366 g/mol. The highest BCUT2D eigenvalue weighted by atomic mass is 17.0. The van der Waals surface area contributed by atoms with Crippen LogP contribution in [0.2, 0.25) is 0 Å². The van der Waals surface area contributed by atoms with E-state index >= 15 is 0 Å². The van der Waals surface area contributed by atoms with E-state index < -0.39 is 5.09 Å². The Morgan fingerprint density at radius 3 is 1.93 bits per heavy atom. The van der Waals surface area contributed by atoms with Crippen LogP contribution in [0.25, 0.3) is 0 Å². The second kappa shape index (κ2) is 12.2. The number of carbonyl (C=O) groups is 2. The lowest BCUT2D eigenvalue weighted by Crippen LogP contribution is -2.25. The smallest absolute Gasteiger partial charge is 0.294 e. The first-order valence-electron chi connectivity index (χ1n) is 9.76. The summed E-state index contributed by atoms with van der Waals surface area (Å²) in [4.78, 5) is 39.5. The molecule has 158 valence electrons. The summed E-state index contributed by atoms with van der Waals surface area (Å²) >= 11 is 0. The van der Waals surface area contributed by atoms with Gasteiger partial charge in [-0.05, 0) is 33.1 Å². The lowest BCUT2D eigenvalue weighted by molar-refractivity contribution is -0.767. The lowest BCUT2D eigenvalue weighted by Gasteiger charge is -2.20. The Labute approximate surface area is 166 Å². The van der Waals surface area contributed by atoms with Crippen molar-refractivity contribution in [3.05, 3.63) is 32.8 Å². The molecule has 1 aliphatic rings. The van der Waals surface area contributed by atoms with Crippen LogP contribution in [-0.4, -0.2) is 37.0 Å². The molecule has 0 saturated heterocycles. The minimum Gasteiger partial charge on any atom is -0.489 e. The summed E-state index contributed by atoms with van der Waals surface area (Å²) < 4.78 is 10.1. The monoisotopic (exact) mass is 397 g/mol. The maximum Gasteiger partial charge on any atom is 0.294 e. The van der Waals surface area contributed by atoms with Gasteiger partial charge in [0, 0.05) is 11.1 Å². The van der Waals surface area contributed by atoms with Crippen molar-refractivity contribution in [3.63, 3.8) is 0 Å². The molecule has 0 N–H and O–H groups in total. The van der Waals surface area contributed by atoms with Crippen molar-refractivity contribution in [1.82, 2.24) is 0 Å². The molecule has 1 aliphatic carbocycles. The Hall–Kier alpha value is -2.38. The quantitative estimate of drug-likeness (QED) is 0.188. The molecule has 0 heterocycles. The largest absolute Gasteiger partial charge is 0.489 e. The Morgan fingerprint density at radius 1 is 0.893 bits per heavy atom. The fraction of sp³-hybridized carbons (Fsp3) is 0.700. The highest BCUT2D eigenvalue weighted by Gasteiger charge is 2.34. The van der Waals surface area contributed by atoms with Gasteiger partial charge in [-0.15, -0.1) is 10.1 Å². The van der Waals surface area contributed by atoms with Crippen molar-refractivity contribution in [3.8, 4) is 0 Å². The van der Waals surface area contributed by atoms with Crippen LogP contribution in [0.4, 0.5) is 0 Å².